The van der Waals surface area contributed by atoms with Crippen molar-refractivity contribution in [2.45, 2.75) is 45.1 Å². The summed E-state index contributed by atoms with van der Waals surface area (Å²) < 4.78 is 1.75. The third kappa shape index (κ3) is 2.78. The second kappa shape index (κ2) is 4.75. The normalized spacial score (nSPS) is 17.7. The summed E-state index contributed by atoms with van der Waals surface area (Å²) in [6, 6.07) is 0.552. The summed E-state index contributed by atoms with van der Waals surface area (Å²) in [5, 5.41) is 8.31. The molecule has 1 heterocycles. The molecule has 0 saturated heterocycles. The van der Waals surface area contributed by atoms with Crippen molar-refractivity contribution in [3.05, 3.63) is 18.0 Å². The summed E-state index contributed by atoms with van der Waals surface area (Å²) in [5.74, 6) is 0. The number of thiocarbonyl (C=S) groups is 1. The van der Waals surface area contributed by atoms with Crippen molar-refractivity contribution in [3.63, 3.8) is 0 Å². The van der Waals surface area contributed by atoms with Gasteiger partial charge in [0.25, 0.3) is 0 Å². The lowest BCUT2D eigenvalue weighted by atomic mass is 9.96. The van der Waals surface area contributed by atoms with Crippen molar-refractivity contribution in [2.75, 3.05) is 0 Å². The predicted molar refractivity (Wildman–Crippen MR) is 65.0 cm³/mol. The zero-order valence-corrected chi connectivity index (χ0v) is 9.89. The first-order chi connectivity index (χ1) is 7.25. The van der Waals surface area contributed by atoms with Gasteiger partial charge in [-0.2, -0.15) is 5.10 Å². The molecule has 1 aliphatic rings. The molecule has 1 aromatic heterocycles. The SMILES string of the molecule is Cc1cnn(C(=S)NC2CCCCC2)c1. The molecule has 0 spiro atoms. The van der Waals surface area contributed by atoms with E-state index in [0.29, 0.717) is 6.04 Å². The second-order valence-electron chi connectivity index (χ2n) is 4.25. The number of hydrogen-bond donors (Lipinski definition) is 1. The Labute approximate surface area is 95.9 Å². The first kappa shape index (κ1) is 10.6. The molecule has 1 saturated carbocycles. The van der Waals surface area contributed by atoms with E-state index in [2.05, 4.69) is 10.4 Å². The van der Waals surface area contributed by atoms with Crippen LogP contribution in [-0.4, -0.2) is 20.9 Å². The quantitative estimate of drug-likeness (QED) is 0.741. The van der Waals surface area contributed by atoms with Crippen molar-refractivity contribution >= 4 is 17.3 Å². The molecular formula is C11H17N3S. The first-order valence-corrected chi connectivity index (χ1v) is 5.98. The van der Waals surface area contributed by atoms with Crippen molar-refractivity contribution in [1.82, 2.24) is 15.1 Å². The molecule has 82 valence electrons. The Morgan fingerprint density at radius 3 is 2.80 bits per heavy atom. The monoisotopic (exact) mass is 223 g/mol. The van der Waals surface area contributed by atoms with Gasteiger partial charge in [0.1, 0.15) is 0 Å². The van der Waals surface area contributed by atoms with Crippen LogP contribution in [0.2, 0.25) is 0 Å². The van der Waals surface area contributed by atoms with Crippen LogP contribution in [0.5, 0.6) is 0 Å². The zero-order chi connectivity index (χ0) is 10.7. The number of aryl methyl sites for hydroxylation is 1. The van der Waals surface area contributed by atoms with Gasteiger partial charge >= 0.3 is 0 Å². The maximum Gasteiger partial charge on any atom is 0.194 e. The molecule has 0 unspecified atom stereocenters. The van der Waals surface area contributed by atoms with Crippen LogP contribution in [0.25, 0.3) is 0 Å². The van der Waals surface area contributed by atoms with Crippen molar-refractivity contribution < 1.29 is 0 Å². The highest BCUT2D eigenvalue weighted by Gasteiger charge is 2.14. The Morgan fingerprint density at radius 2 is 2.20 bits per heavy atom. The maximum atomic E-state index is 5.30. The van der Waals surface area contributed by atoms with Gasteiger partial charge in [0.15, 0.2) is 5.11 Å². The Hall–Kier alpha value is -0.900. The summed E-state index contributed by atoms with van der Waals surface area (Å²) in [6.07, 6.45) is 10.3. The summed E-state index contributed by atoms with van der Waals surface area (Å²) in [7, 11) is 0. The van der Waals surface area contributed by atoms with E-state index in [1.807, 2.05) is 19.3 Å². The fourth-order valence-corrected chi connectivity index (χ4v) is 2.28. The van der Waals surface area contributed by atoms with Crippen LogP contribution in [0, 0.1) is 6.92 Å². The maximum absolute atomic E-state index is 5.30. The smallest absolute Gasteiger partial charge is 0.194 e. The predicted octanol–water partition coefficient (Wildman–Crippen LogP) is 2.25. The topological polar surface area (TPSA) is 29.9 Å². The van der Waals surface area contributed by atoms with Crippen molar-refractivity contribution in [3.8, 4) is 0 Å². The molecule has 1 aliphatic carbocycles. The molecule has 0 aromatic carbocycles. The standard InChI is InChI=1S/C11H17N3S/c1-9-7-12-14(8-9)11(15)13-10-5-3-2-4-6-10/h7-8,10H,2-6H2,1H3,(H,13,15). The summed E-state index contributed by atoms with van der Waals surface area (Å²) in [4.78, 5) is 0. The number of rotatable bonds is 1. The Kier molecular flexibility index (Phi) is 3.36. The van der Waals surface area contributed by atoms with Gasteiger partial charge in [-0.1, -0.05) is 19.3 Å². The number of nitrogens with zero attached hydrogens (tertiary/aromatic N) is 2. The highest BCUT2D eigenvalue weighted by molar-refractivity contribution is 7.80. The van der Waals surface area contributed by atoms with Crippen LogP contribution in [0.1, 0.15) is 37.7 Å². The number of aromatic nitrogens is 2. The lowest BCUT2D eigenvalue weighted by Gasteiger charge is -2.23. The largest absolute Gasteiger partial charge is 0.358 e. The van der Waals surface area contributed by atoms with Crippen LogP contribution < -0.4 is 5.32 Å². The molecule has 1 N–H and O–H groups in total. The van der Waals surface area contributed by atoms with E-state index in [9.17, 15) is 0 Å². The summed E-state index contributed by atoms with van der Waals surface area (Å²) in [5.41, 5.74) is 1.14. The Bertz CT molecular complexity index is 339. The molecule has 1 aromatic rings. The Morgan fingerprint density at radius 1 is 1.47 bits per heavy atom. The van der Waals surface area contributed by atoms with Crippen molar-refractivity contribution in [1.29, 1.82) is 0 Å². The molecule has 0 bridgehead atoms. The van der Waals surface area contributed by atoms with Crippen LogP contribution in [-0.2, 0) is 0 Å². The lowest BCUT2D eigenvalue weighted by Crippen LogP contribution is -2.38. The minimum Gasteiger partial charge on any atom is -0.358 e. The average molecular weight is 223 g/mol. The van der Waals surface area contributed by atoms with E-state index in [1.54, 1.807) is 4.68 Å². The molecule has 2 rings (SSSR count). The van der Waals surface area contributed by atoms with Crippen LogP contribution in [0.4, 0.5) is 0 Å². The third-order valence-corrected chi connectivity index (χ3v) is 3.16. The minimum atomic E-state index is 0.552. The van der Waals surface area contributed by atoms with Gasteiger partial charge in [-0.15, -0.1) is 0 Å². The summed E-state index contributed by atoms with van der Waals surface area (Å²) in [6.45, 7) is 2.02. The van der Waals surface area contributed by atoms with Gasteiger partial charge in [0, 0.05) is 12.2 Å². The van der Waals surface area contributed by atoms with E-state index in [0.717, 1.165) is 10.7 Å². The van der Waals surface area contributed by atoms with Gasteiger partial charge in [-0.05, 0) is 37.5 Å². The molecule has 1 fully saturated rings. The number of hydrogen-bond acceptors (Lipinski definition) is 2. The van der Waals surface area contributed by atoms with Gasteiger partial charge in [-0.25, -0.2) is 4.68 Å². The van der Waals surface area contributed by atoms with Gasteiger partial charge < -0.3 is 5.32 Å². The fourth-order valence-electron chi connectivity index (χ4n) is 2.01. The van der Waals surface area contributed by atoms with E-state index in [-0.39, 0.29) is 0 Å². The minimum absolute atomic E-state index is 0.552. The molecular weight excluding hydrogens is 206 g/mol. The second-order valence-corrected chi connectivity index (χ2v) is 4.63. The molecule has 0 amide bonds. The molecule has 3 nitrogen and oxygen atoms in total. The first-order valence-electron chi connectivity index (χ1n) is 5.58. The molecule has 15 heavy (non-hydrogen) atoms. The molecule has 0 aliphatic heterocycles. The van der Waals surface area contributed by atoms with E-state index in [1.165, 1.54) is 32.1 Å². The van der Waals surface area contributed by atoms with Gasteiger partial charge in [0.2, 0.25) is 0 Å². The van der Waals surface area contributed by atoms with Gasteiger partial charge in [0.05, 0.1) is 6.20 Å². The average Bonchev–Trinajstić information content (AvgIpc) is 2.66. The molecule has 0 atom stereocenters. The number of nitrogens with one attached hydrogen (secondary N) is 1. The van der Waals surface area contributed by atoms with Crippen LogP contribution in [0.15, 0.2) is 12.4 Å². The van der Waals surface area contributed by atoms with E-state index >= 15 is 0 Å². The van der Waals surface area contributed by atoms with Crippen LogP contribution in [0.3, 0.4) is 0 Å². The van der Waals surface area contributed by atoms with Crippen molar-refractivity contribution in [2.24, 2.45) is 0 Å². The third-order valence-electron chi connectivity index (χ3n) is 2.85. The highest BCUT2D eigenvalue weighted by atomic mass is 32.1. The lowest BCUT2D eigenvalue weighted by molar-refractivity contribution is 0.412. The Balaban J connectivity index is 1.91. The van der Waals surface area contributed by atoms with E-state index < -0.39 is 0 Å². The van der Waals surface area contributed by atoms with Crippen LogP contribution >= 0.6 is 12.2 Å². The zero-order valence-electron chi connectivity index (χ0n) is 9.07. The van der Waals surface area contributed by atoms with Gasteiger partial charge in [-0.3, -0.25) is 0 Å². The van der Waals surface area contributed by atoms with E-state index in [4.69, 9.17) is 12.2 Å². The summed E-state index contributed by atoms with van der Waals surface area (Å²) >= 11 is 5.30. The molecule has 0 radical (unpaired) electrons. The fraction of sp³-hybridized carbons (Fsp3) is 0.636. The molecule has 4 heteroatoms. The highest BCUT2D eigenvalue weighted by Crippen LogP contribution is 2.17.